The molecule has 5 heteroatoms. The number of aliphatic hydroxyl groups is 1. The minimum Gasteiger partial charge on any atom is -0.396 e. The molecule has 0 amide bonds. The molecule has 1 aliphatic rings. The van der Waals surface area contributed by atoms with Crippen molar-refractivity contribution in [2.24, 2.45) is 5.92 Å². The van der Waals surface area contributed by atoms with Crippen LogP contribution in [0.2, 0.25) is 0 Å². The number of nitrogens with one attached hydrogen (secondary N) is 1. The molecule has 1 fully saturated rings. The van der Waals surface area contributed by atoms with E-state index in [9.17, 15) is 4.79 Å². The first-order chi connectivity index (χ1) is 9.76. The molecule has 2 aromatic rings. The number of aromatic amines is 1. The van der Waals surface area contributed by atoms with Crippen LogP contribution >= 0.6 is 0 Å². The van der Waals surface area contributed by atoms with E-state index in [1.165, 1.54) is 0 Å². The summed E-state index contributed by atoms with van der Waals surface area (Å²) in [5.74, 6) is 1.28. The summed E-state index contributed by atoms with van der Waals surface area (Å²) in [6.45, 7) is 2.89. The fourth-order valence-electron chi connectivity index (χ4n) is 2.90. The van der Waals surface area contributed by atoms with Gasteiger partial charge in [-0.1, -0.05) is 12.1 Å². The summed E-state index contributed by atoms with van der Waals surface area (Å²) >= 11 is 0. The summed E-state index contributed by atoms with van der Waals surface area (Å²) in [4.78, 5) is 21.7. The molecule has 1 unspecified atom stereocenters. The molecule has 1 aromatic heterocycles. The third-order valence-electron chi connectivity index (χ3n) is 3.94. The highest BCUT2D eigenvalue weighted by atomic mass is 16.3. The Bertz CT molecular complexity index is 653. The Morgan fingerprint density at radius 2 is 2.25 bits per heavy atom. The third kappa shape index (κ3) is 2.73. The van der Waals surface area contributed by atoms with E-state index in [1.54, 1.807) is 6.07 Å². The molecule has 2 heterocycles. The molecule has 1 atom stereocenters. The van der Waals surface area contributed by atoms with Gasteiger partial charge in [0.1, 0.15) is 5.82 Å². The number of hydrogen-bond donors (Lipinski definition) is 2. The van der Waals surface area contributed by atoms with E-state index in [4.69, 9.17) is 5.11 Å². The predicted octanol–water partition coefficient (Wildman–Crippen LogP) is 1.13. The van der Waals surface area contributed by atoms with E-state index >= 15 is 0 Å². The van der Waals surface area contributed by atoms with Crippen LogP contribution in [0.15, 0.2) is 29.1 Å². The van der Waals surface area contributed by atoms with Crippen molar-refractivity contribution in [2.45, 2.75) is 19.4 Å². The van der Waals surface area contributed by atoms with Gasteiger partial charge in [0.05, 0.1) is 17.4 Å². The van der Waals surface area contributed by atoms with Crippen LogP contribution in [0, 0.1) is 5.92 Å². The first kappa shape index (κ1) is 13.3. The number of aliphatic hydroxyl groups excluding tert-OH is 1. The van der Waals surface area contributed by atoms with Crippen molar-refractivity contribution in [3.05, 3.63) is 40.4 Å². The minimum absolute atomic E-state index is 0.0725. The molecule has 0 radical (unpaired) electrons. The van der Waals surface area contributed by atoms with Crippen LogP contribution in [-0.4, -0.2) is 39.7 Å². The van der Waals surface area contributed by atoms with E-state index in [0.717, 1.165) is 37.3 Å². The summed E-state index contributed by atoms with van der Waals surface area (Å²) in [6, 6.07) is 7.40. The average molecular weight is 273 g/mol. The van der Waals surface area contributed by atoms with E-state index in [0.29, 0.717) is 17.8 Å². The van der Waals surface area contributed by atoms with Crippen molar-refractivity contribution in [2.75, 3.05) is 19.7 Å². The maximum atomic E-state index is 12.0. The molecule has 3 rings (SSSR count). The second-order valence-corrected chi connectivity index (χ2v) is 5.43. The number of H-pyrrole nitrogens is 1. The molecular formula is C15H19N3O2. The van der Waals surface area contributed by atoms with Crippen LogP contribution in [0.3, 0.4) is 0 Å². The molecule has 1 saturated heterocycles. The Morgan fingerprint density at radius 3 is 3.10 bits per heavy atom. The lowest BCUT2D eigenvalue weighted by atomic mass is 10.1. The molecular weight excluding hydrogens is 254 g/mol. The van der Waals surface area contributed by atoms with Gasteiger partial charge in [-0.3, -0.25) is 9.69 Å². The summed E-state index contributed by atoms with van der Waals surface area (Å²) in [5, 5.41) is 9.61. The molecule has 0 saturated carbocycles. The van der Waals surface area contributed by atoms with Gasteiger partial charge in [0.2, 0.25) is 0 Å². The highest BCUT2D eigenvalue weighted by Gasteiger charge is 2.22. The predicted molar refractivity (Wildman–Crippen MR) is 77.5 cm³/mol. The number of likely N-dealkylation sites (tertiary alicyclic amines) is 1. The van der Waals surface area contributed by atoms with Gasteiger partial charge in [-0.05, 0) is 37.4 Å². The zero-order valence-electron chi connectivity index (χ0n) is 11.4. The molecule has 20 heavy (non-hydrogen) atoms. The van der Waals surface area contributed by atoms with Gasteiger partial charge in [0.15, 0.2) is 0 Å². The average Bonchev–Trinajstić information content (AvgIpc) is 2.87. The summed E-state index contributed by atoms with van der Waals surface area (Å²) < 4.78 is 0. The first-order valence-electron chi connectivity index (χ1n) is 7.07. The summed E-state index contributed by atoms with van der Waals surface area (Å²) in [7, 11) is 0. The first-order valence-corrected chi connectivity index (χ1v) is 7.07. The van der Waals surface area contributed by atoms with E-state index in [-0.39, 0.29) is 12.2 Å². The number of rotatable bonds is 4. The van der Waals surface area contributed by atoms with Crippen LogP contribution in [-0.2, 0) is 6.54 Å². The van der Waals surface area contributed by atoms with Crippen LogP contribution < -0.4 is 5.56 Å². The highest BCUT2D eigenvalue weighted by Crippen LogP contribution is 2.20. The Balaban J connectivity index is 1.77. The quantitative estimate of drug-likeness (QED) is 0.876. The van der Waals surface area contributed by atoms with Crippen molar-refractivity contribution in [1.82, 2.24) is 14.9 Å². The molecule has 2 N–H and O–H groups in total. The zero-order valence-corrected chi connectivity index (χ0v) is 11.4. The highest BCUT2D eigenvalue weighted by molar-refractivity contribution is 5.77. The largest absolute Gasteiger partial charge is 0.396 e. The number of aromatic nitrogens is 2. The van der Waals surface area contributed by atoms with E-state index < -0.39 is 0 Å². The second-order valence-electron chi connectivity index (χ2n) is 5.43. The van der Waals surface area contributed by atoms with Crippen LogP contribution in [0.5, 0.6) is 0 Å². The number of nitrogens with zero attached hydrogens (tertiary/aromatic N) is 2. The van der Waals surface area contributed by atoms with Gasteiger partial charge in [0, 0.05) is 13.2 Å². The Labute approximate surface area is 117 Å². The van der Waals surface area contributed by atoms with E-state index in [2.05, 4.69) is 14.9 Å². The molecule has 1 aliphatic heterocycles. The molecule has 5 nitrogen and oxygen atoms in total. The summed E-state index contributed by atoms with van der Waals surface area (Å²) in [6.07, 6.45) is 1.97. The Morgan fingerprint density at radius 1 is 1.40 bits per heavy atom. The van der Waals surface area contributed by atoms with Gasteiger partial charge in [-0.25, -0.2) is 4.98 Å². The molecule has 106 valence electrons. The molecule has 0 bridgehead atoms. The lowest BCUT2D eigenvalue weighted by Gasteiger charge is -2.15. The normalized spacial score (nSPS) is 19.8. The Hall–Kier alpha value is -1.72. The van der Waals surface area contributed by atoms with Gasteiger partial charge in [0.25, 0.3) is 5.56 Å². The van der Waals surface area contributed by atoms with Crippen LogP contribution in [0.25, 0.3) is 10.9 Å². The van der Waals surface area contributed by atoms with Crippen molar-refractivity contribution < 1.29 is 5.11 Å². The summed E-state index contributed by atoms with van der Waals surface area (Å²) in [5.41, 5.74) is 0.675. The maximum absolute atomic E-state index is 12.0. The van der Waals surface area contributed by atoms with Crippen molar-refractivity contribution in [3.8, 4) is 0 Å². The lowest BCUT2D eigenvalue weighted by molar-refractivity contribution is 0.248. The minimum atomic E-state index is -0.0725. The number of hydrogen-bond acceptors (Lipinski definition) is 4. The number of fused-ring (bicyclic) bond motifs is 1. The SMILES string of the molecule is O=c1[nH]c(CN2CCC(CCO)C2)nc2ccccc12. The van der Waals surface area contributed by atoms with Crippen molar-refractivity contribution in [3.63, 3.8) is 0 Å². The van der Waals surface area contributed by atoms with E-state index in [1.807, 2.05) is 18.2 Å². The smallest absolute Gasteiger partial charge is 0.258 e. The fraction of sp³-hybridized carbons (Fsp3) is 0.467. The van der Waals surface area contributed by atoms with Crippen LogP contribution in [0.4, 0.5) is 0 Å². The maximum Gasteiger partial charge on any atom is 0.258 e. The standard InChI is InChI=1S/C15H19N3O2/c19-8-6-11-5-7-18(9-11)10-14-16-13-4-2-1-3-12(13)15(20)17-14/h1-4,11,19H,5-10H2,(H,16,17,20). The zero-order chi connectivity index (χ0) is 13.9. The fourth-order valence-corrected chi connectivity index (χ4v) is 2.90. The lowest BCUT2D eigenvalue weighted by Crippen LogP contribution is -2.24. The van der Waals surface area contributed by atoms with Crippen molar-refractivity contribution in [1.29, 1.82) is 0 Å². The Kier molecular flexibility index (Phi) is 3.80. The van der Waals surface area contributed by atoms with Crippen LogP contribution in [0.1, 0.15) is 18.7 Å². The monoisotopic (exact) mass is 273 g/mol. The molecule has 0 spiro atoms. The number of para-hydroxylation sites is 1. The van der Waals surface area contributed by atoms with Gasteiger partial charge < -0.3 is 10.1 Å². The van der Waals surface area contributed by atoms with Gasteiger partial charge in [-0.15, -0.1) is 0 Å². The molecule has 0 aliphatic carbocycles. The van der Waals surface area contributed by atoms with Crippen molar-refractivity contribution >= 4 is 10.9 Å². The van der Waals surface area contributed by atoms with Gasteiger partial charge in [-0.2, -0.15) is 0 Å². The topological polar surface area (TPSA) is 69.2 Å². The molecule has 1 aromatic carbocycles. The van der Waals surface area contributed by atoms with Gasteiger partial charge >= 0.3 is 0 Å². The second kappa shape index (κ2) is 5.73. The number of benzene rings is 1. The third-order valence-corrected chi connectivity index (χ3v) is 3.94.